The zero-order valence-electron chi connectivity index (χ0n) is 3.73. The molecule has 7 heavy (non-hydrogen) atoms. The maximum atomic E-state index is 11.8. The third kappa shape index (κ3) is 0.881. The lowest BCUT2D eigenvalue weighted by Gasteiger charge is -1.93. The summed E-state index contributed by atoms with van der Waals surface area (Å²) in [6.07, 6.45) is -2.75. The summed E-state index contributed by atoms with van der Waals surface area (Å²) in [5.41, 5.74) is 0. The van der Waals surface area contributed by atoms with E-state index in [9.17, 15) is 8.78 Å². The predicted octanol–water partition coefficient (Wildman–Crippen LogP) is 0.693. The van der Waals surface area contributed by atoms with E-state index in [-0.39, 0.29) is 13.2 Å². The molecule has 1 aliphatic heterocycles. The summed E-state index contributed by atoms with van der Waals surface area (Å²) in [6, 6.07) is 0. The number of hydrogen-bond acceptors (Lipinski definition) is 1. The van der Waals surface area contributed by atoms with E-state index in [1.807, 2.05) is 0 Å². The summed E-state index contributed by atoms with van der Waals surface area (Å²) >= 11 is 0. The third-order valence-corrected chi connectivity index (χ3v) is 0.947. The van der Waals surface area contributed by atoms with Gasteiger partial charge >= 0.3 is 0 Å². The van der Waals surface area contributed by atoms with Crippen molar-refractivity contribution in [3.8, 4) is 0 Å². The Labute approximate surface area is 40.3 Å². The highest BCUT2D eigenvalue weighted by molar-refractivity contribution is 4.72. The largest absolute Gasteiger partial charge is 0.375 e. The van der Waals surface area contributed by atoms with Crippen molar-refractivity contribution in [3.63, 3.8) is 0 Å². The molecule has 3 heteroatoms. The molecule has 0 bridgehead atoms. The topological polar surface area (TPSA) is 9.23 Å². The zero-order chi connectivity index (χ0) is 5.28. The quantitative estimate of drug-likeness (QED) is 0.443. The molecule has 1 nitrogen and oxygen atoms in total. The highest BCUT2D eigenvalue weighted by atomic mass is 19.2. The Bertz CT molecular complexity index is 58.7. The number of rotatable bonds is 0. The number of hydrogen-bond donors (Lipinski definition) is 0. The second kappa shape index (κ2) is 1.74. The van der Waals surface area contributed by atoms with E-state index in [0.717, 1.165) is 0 Å². The predicted molar refractivity (Wildman–Crippen MR) is 20.6 cm³/mol. The Morgan fingerprint density at radius 2 is 1.57 bits per heavy atom. The standard InChI is InChI=1S/C4H6F2O/c5-3-1-7-2-4(3)6/h3-4H,1-2H2. The van der Waals surface area contributed by atoms with E-state index in [1.54, 1.807) is 0 Å². The van der Waals surface area contributed by atoms with Gasteiger partial charge in [-0.05, 0) is 0 Å². The van der Waals surface area contributed by atoms with Crippen LogP contribution in [0, 0.1) is 0 Å². The molecular formula is C4H6F2O. The van der Waals surface area contributed by atoms with Crippen LogP contribution >= 0.6 is 0 Å². The van der Waals surface area contributed by atoms with E-state index in [0.29, 0.717) is 0 Å². The first kappa shape index (κ1) is 4.97. The van der Waals surface area contributed by atoms with Crippen LogP contribution in [-0.2, 0) is 4.74 Å². The van der Waals surface area contributed by atoms with E-state index in [2.05, 4.69) is 4.74 Å². The summed E-state index contributed by atoms with van der Waals surface area (Å²) in [7, 11) is 0. The SMILES string of the molecule is FC1COCC1F. The van der Waals surface area contributed by atoms with Gasteiger partial charge in [-0.15, -0.1) is 0 Å². The molecule has 0 radical (unpaired) electrons. The van der Waals surface area contributed by atoms with Gasteiger partial charge in [0.25, 0.3) is 0 Å². The summed E-state index contributed by atoms with van der Waals surface area (Å²) in [5.74, 6) is 0. The van der Waals surface area contributed by atoms with Crippen molar-refractivity contribution in [1.82, 2.24) is 0 Å². The van der Waals surface area contributed by atoms with Crippen molar-refractivity contribution in [1.29, 1.82) is 0 Å². The Hall–Kier alpha value is -0.180. The van der Waals surface area contributed by atoms with Crippen molar-refractivity contribution in [2.75, 3.05) is 13.2 Å². The van der Waals surface area contributed by atoms with Gasteiger partial charge in [-0.2, -0.15) is 0 Å². The molecule has 0 aromatic carbocycles. The average Bonchev–Trinajstić information content (AvgIpc) is 1.91. The van der Waals surface area contributed by atoms with Crippen molar-refractivity contribution in [3.05, 3.63) is 0 Å². The van der Waals surface area contributed by atoms with E-state index < -0.39 is 12.3 Å². The molecule has 42 valence electrons. The van der Waals surface area contributed by atoms with Gasteiger partial charge in [0.2, 0.25) is 0 Å². The first-order valence-electron chi connectivity index (χ1n) is 2.16. The van der Waals surface area contributed by atoms with E-state index >= 15 is 0 Å². The van der Waals surface area contributed by atoms with Gasteiger partial charge in [0.05, 0.1) is 13.2 Å². The van der Waals surface area contributed by atoms with Gasteiger partial charge in [-0.25, -0.2) is 8.78 Å². The highest BCUT2D eigenvalue weighted by Crippen LogP contribution is 2.11. The molecule has 0 spiro atoms. The second-order valence-electron chi connectivity index (χ2n) is 1.57. The minimum absolute atomic E-state index is 0.0683. The van der Waals surface area contributed by atoms with Crippen molar-refractivity contribution < 1.29 is 13.5 Å². The lowest BCUT2D eigenvalue weighted by Crippen LogP contribution is -2.12. The summed E-state index contributed by atoms with van der Waals surface area (Å²) in [5, 5.41) is 0. The van der Waals surface area contributed by atoms with Gasteiger partial charge < -0.3 is 4.74 Å². The molecule has 1 heterocycles. The lowest BCUT2D eigenvalue weighted by atomic mass is 10.3. The first-order valence-corrected chi connectivity index (χ1v) is 2.16. The summed E-state index contributed by atoms with van der Waals surface area (Å²) < 4.78 is 28.1. The van der Waals surface area contributed by atoms with Crippen LogP contribution in [0.1, 0.15) is 0 Å². The van der Waals surface area contributed by atoms with Gasteiger partial charge in [0, 0.05) is 0 Å². The minimum atomic E-state index is -1.38. The van der Waals surface area contributed by atoms with Crippen LogP contribution in [0.25, 0.3) is 0 Å². The zero-order valence-corrected chi connectivity index (χ0v) is 3.73. The molecule has 1 saturated heterocycles. The van der Waals surface area contributed by atoms with Crippen LogP contribution in [0.5, 0.6) is 0 Å². The first-order chi connectivity index (χ1) is 3.30. The normalized spacial score (nSPS) is 42.0. The molecule has 2 atom stereocenters. The molecular weight excluding hydrogens is 102 g/mol. The average molecular weight is 108 g/mol. The van der Waals surface area contributed by atoms with Crippen LogP contribution in [0.4, 0.5) is 8.78 Å². The summed E-state index contributed by atoms with van der Waals surface area (Å²) in [6.45, 7) is -0.137. The fraction of sp³-hybridized carbons (Fsp3) is 1.00. The van der Waals surface area contributed by atoms with Gasteiger partial charge in [0.15, 0.2) is 12.3 Å². The van der Waals surface area contributed by atoms with Crippen molar-refractivity contribution in [2.24, 2.45) is 0 Å². The smallest absolute Gasteiger partial charge is 0.157 e. The van der Waals surface area contributed by atoms with Crippen LogP contribution < -0.4 is 0 Å². The maximum absolute atomic E-state index is 11.8. The fourth-order valence-corrected chi connectivity index (χ4v) is 0.502. The van der Waals surface area contributed by atoms with Gasteiger partial charge in [0.1, 0.15) is 0 Å². The molecule has 0 aromatic heterocycles. The molecule has 2 unspecified atom stereocenters. The molecule has 0 aliphatic carbocycles. The van der Waals surface area contributed by atoms with Crippen molar-refractivity contribution >= 4 is 0 Å². The van der Waals surface area contributed by atoms with Gasteiger partial charge in [-0.1, -0.05) is 0 Å². The second-order valence-corrected chi connectivity index (χ2v) is 1.57. The Kier molecular flexibility index (Phi) is 1.23. The monoisotopic (exact) mass is 108 g/mol. The Morgan fingerprint density at radius 1 is 1.14 bits per heavy atom. The van der Waals surface area contributed by atoms with Crippen LogP contribution in [-0.4, -0.2) is 25.6 Å². The molecule has 1 rings (SSSR count). The number of ether oxygens (including phenoxy) is 1. The molecule has 0 aromatic rings. The molecule has 0 saturated carbocycles. The van der Waals surface area contributed by atoms with Crippen LogP contribution in [0.3, 0.4) is 0 Å². The fourth-order valence-electron chi connectivity index (χ4n) is 0.502. The van der Waals surface area contributed by atoms with Crippen molar-refractivity contribution in [2.45, 2.75) is 12.3 Å². The van der Waals surface area contributed by atoms with Crippen LogP contribution in [0.15, 0.2) is 0 Å². The number of alkyl halides is 2. The molecule has 1 aliphatic rings. The molecule has 1 fully saturated rings. The highest BCUT2D eigenvalue weighted by Gasteiger charge is 2.26. The Balaban J connectivity index is 2.33. The molecule has 0 amide bonds. The maximum Gasteiger partial charge on any atom is 0.157 e. The van der Waals surface area contributed by atoms with Crippen LogP contribution in [0.2, 0.25) is 0 Å². The minimum Gasteiger partial charge on any atom is -0.375 e. The lowest BCUT2D eigenvalue weighted by molar-refractivity contribution is 0.169. The number of halogens is 2. The van der Waals surface area contributed by atoms with E-state index in [4.69, 9.17) is 0 Å². The van der Waals surface area contributed by atoms with Gasteiger partial charge in [-0.3, -0.25) is 0 Å². The summed E-state index contributed by atoms with van der Waals surface area (Å²) in [4.78, 5) is 0. The molecule has 0 N–H and O–H groups in total. The Morgan fingerprint density at radius 3 is 1.71 bits per heavy atom. The van der Waals surface area contributed by atoms with E-state index in [1.165, 1.54) is 0 Å². The third-order valence-electron chi connectivity index (χ3n) is 0.947.